The van der Waals surface area contributed by atoms with Crippen LogP contribution in [0.3, 0.4) is 0 Å². The number of hydrogen-bond acceptors (Lipinski definition) is 6. The molecule has 1 amide bonds. The highest BCUT2D eigenvalue weighted by Crippen LogP contribution is 2.14. The van der Waals surface area contributed by atoms with Gasteiger partial charge in [-0.15, -0.1) is 11.3 Å². The zero-order valence-corrected chi connectivity index (χ0v) is 15.1. The van der Waals surface area contributed by atoms with Crippen molar-refractivity contribution >= 4 is 33.3 Å². The molecule has 0 N–H and O–H groups in total. The van der Waals surface area contributed by atoms with Gasteiger partial charge in [-0.25, -0.2) is 9.97 Å². The quantitative estimate of drug-likeness (QED) is 0.698. The molecule has 8 heteroatoms. The van der Waals surface area contributed by atoms with Gasteiger partial charge in [0.05, 0.1) is 11.8 Å². The summed E-state index contributed by atoms with van der Waals surface area (Å²) < 4.78 is 2.17. The maximum absolute atomic E-state index is 12.5. The summed E-state index contributed by atoms with van der Waals surface area (Å²) in [5, 5.41) is 1.86. The number of rotatable bonds is 4. The molecule has 0 bridgehead atoms. The molecule has 1 aliphatic rings. The SMILES string of the molecule is O=C(CCn1cnc2ccsc2c1=O)N1CCN(c2ccccn2)CC1. The number of fused-ring (bicyclic) bond motifs is 1. The van der Waals surface area contributed by atoms with Gasteiger partial charge >= 0.3 is 0 Å². The molecule has 1 fully saturated rings. The fourth-order valence-corrected chi connectivity index (χ4v) is 3.93. The summed E-state index contributed by atoms with van der Waals surface area (Å²) in [4.78, 5) is 37.5. The Bertz CT molecular complexity index is 960. The molecule has 0 spiro atoms. The van der Waals surface area contributed by atoms with Crippen LogP contribution in [-0.2, 0) is 11.3 Å². The standard InChI is InChI=1S/C18H19N5O2S/c24-16(4-7-23-13-20-14-5-12-26-17(14)18(23)25)22-10-8-21(9-11-22)15-3-1-2-6-19-15/h1-3,5-6,12-13H,4,7-11H2. The predicted octanol–water partition coefficient (Wildman–Crippen LogP) is 1.59. The highest BCUT2D eigenvalue weighted by molar-refractivity contribution is 7.17. The number of pyridine rings is 1. The number of carbonyl (C=O) groups is 1. The van der Waals surface area contributed by atoms with Gasteiger partial charge in [-0.2, -0.15) is 0 Å². The number of anilines is 1. The number of aromatic nitrogens is 3. The molecule has 3 aromatic heterocycles. The third-order valence-electron chi connectivity index (χ3n) is 4.61. The minimum Gasteiger partial charge on any atom is -0.353 e. The molecule has 0 radical (unpaired) electrons. The topological polar surface area (TPSA) is 71.3 Å². The van der Waals surface area contributed by atoms with E-state index in [-0.39, 0.29) is 11.5 Å². The van der Waals surface area contributed by atoms with Crippen LogP contribution in [-0.4, -0.2) is 51.5 Å². The Balaban J connectivity index is 1.34. The second kappa shape index (κ2) is 7.25. The first-order valence-corrected chi connectivity index (χ1v) is 9.47. The van der Waals surface area contributed by atoms with E-state index in [1.54, 1.807) is 6.20 Å². The molecular weight excluding hydrogens is 350 g/mol. The molecule has 1 saturated heterocycles. The Kier molecular flexibility index (Phi) is 4.66. The minimum atomic E-state index is -0.0715. The van der Waals surface area contributed by atoms with E-state index < -0.39 is 0 Å². The second-order valence-electron chi connectivity index (χ2n) is 6.18. The van der Waals surface area contributed by atoms with Gasteiger partial charge in [0.1, 0.15) is 10.5 Å². The van der Waals surface area contributed by atoms with Crippen LogP contribution in [0.15, 0.2) is 47.0 Å². The summed E-state index contributed by atoms with van der Waals surface area (Å²) in [7, 11) is 0. The van der Waals surface area contributed by atoms with Gasteiger partial charge in [-0.1, -0.05) is 6.07 Å². The van der Waals surface area contributed by atoms with Crippen LogP contribution in [0.25, 0.3) is 10.2 Å². The third kappa shape index (κ3) is 3.32. The Morgan fingerprint density at radius 3 is 2.73 bits per heavy atom. The van der Waals surface area contributed by atoms with Crippen molar-refractivity contribution in [2.24, 2.45) is 0 Å². The molecule has 4 rings (SSSR count). The summed E-state index contributed by atoms with van der Waals surface area (Å²) in [6.45, 7) is 3.24. The van der Waals surface area contributed by atoms with Gasteiger partial charge in [-0.3, -0.25) is 14.2 Å². The third-order valence-corrected chi connectivity index (χ3v) is 5.50. The fourth-order valence-electron chi connectivity index (χ4n) is 3.14. The highest BCUT2D eigenvalue weighted by Gasteiger charge is 2.21. The molecule has 0 atom stereocenters. The first-order valence-electron chi connectivity index (χ1n) is 8.59. The smallest absolute Gasteiger partial charge is 0.271 e. The van der Waals surface area contributed by atoms with E-state index in [2.05, 4.69) is 14.9 Å². The van der Waals surface area contributed by atoms with Crippen LogP contribution in [0.1, 0.15) is 6.42 Å². The monoisotopic (exact) mass is 369 g/mol. The van der Waals surface area contributed by atoms with Gasteiger partial charge < -0.3 is 9.80 Å². The van der Waals surface area contributed by atoms with Gasteiger partial charge in [0, 0.05) is 45.3 Å². The lowest BCUT2D eigenvalue weighted by atomic mass is 10.2. The van der Waals surface area contributed by atoms with E-state index >= 15 is 0 Å². The van der Waals surface area contributed by atoms with E-state index in [1.165, 1.54) is 22.2 Å². The molecule has 0 saturated carbocycles. The Labute approximate surface area is 154 Å². The van der Waals surface area contributed by atoms with Crippen molar-refractivity contribution in [1.29, 1.82) is 0 Å². The van der Waals surface area contributed by atoms with Gasteiger partial charge in [-0.05, 0) is 23.6 Å². The number of hydrogen-bond donors (Lipinski definition) is 0. The molecule has 134 valence electrons. The Morgan fingerprint density at radius 2 is 1.96 bits per heavy atom. The van der Waals surface area contributed by atoms with E-state index in [4.69, 9.17) is 0 Å². The number of carbonyl (C=O) groups excluding carboxylic acids is 1. The van der Waals surface area contributed by atoms with E-state index in [1.807, 2.05) is 34.5 Å². The second-order valence-corrected chi connectivity index (χ2v) is 7.10. The number of amides is 1. The minimum absolute atomic E-state index is 0.0715. The fraction of sp³-hybridized carbons (Fsp3) is 0.333. The van der Waals surface area contributed by atoms with Crippen molar-refractivity contribution in [3.8, 4) is 0 Å². The number of piperazine rings is 1. The van der Waals surface area contributed by atoms with Crippen molar-refractivity contribution in [3.63, 3.8) is 0 Å². The largest absolute Gasteiger partial charge is 0.353 e. The molecule has 7 nitrogen and oxygen atoms in total. The molecule has 26 heavy (non-hydrogen) atoms. The van der Waals surface area contributed by atoms with Crippen molar-refractivity contribution in [2.45, 2.75) is 13.0 Å². The predicted molar refractivity (Wildman–Crippen MR) is 102 cm³/mol. The van der Waals surface area contributed by atoms with Gasteiger partial charge in [0.15, 0.2) is 0 Å². The van der Waals surface area contributed by atoms with Crippen LogP contribution in [0.5, 0.6) is 0 Å². The first kappa shape index (κ1) is 16.7. The molecule has 1 aliphatic heterocycles. The number of nitrogens with zero attached hydrogens (tertiary/aromatic N) is 5. The maximum Gasteiger partial charge on any atom is 0.271 e. The molecule has 3 aromatic rings. The molecular formula is C18H19N5O2S. The van der Waals surface area contributed by atoms with E-state index in [0.29, 0.717) is 36.3 Å². The van der Waals surface area contributed by atoms with Crippen LogP contribution in [0.2, 0.25) is 0 Å². The maximum atomic E-state index is 12.5. The average Bonchev–Trinajstić information content (AvgIpc) is 3.18. The Hall–Kier alpha value is -2.74. The van der Waals surface area contributed by atoms with Crippen molar-refractivity contribution < 1.29 is 4.79 Å². The Morgan fingerprint density at radius 1 is 1.12 bits per heavy atom. The van der Waals surface area contributed by atoms with Crippen LogP contribution in [0.4, 0.5) is 5.82 Å². The summed E-state index contributed by atoms with van der Waals surface area (Å²) in [5.74, 6) is 1.02. The van der Waals surface area contributed by atoms with E-state index in [0.717, 1.165) is 18.9 Å². The summed E-state index contributed by atoms with van der Waals surface area (Å²) in [6.07, 6.45) is 3.62. The molecule has 0 unspecified atom stereocenters. The lowest BCUT2D eigenvalue weighted by Gasteiger charge is -2.35. The summed E-state index contributed by atoms with van der Waals surface area (Å²) in [6, 6.07) is 7.68. The van der Waals surface area contributed by atoms with E-state index in [9.17, 15) is 9.59 Å². The van der Waals surface area contributed by atoms with Crippen LogP contribution < -0.4 is 10.5 Å². The lowest BCUT2D eigenvalue weighted by Crippen LogP contribution is -2.49. The summed E-state index contributed by atoms with van der Waals surface area (Å²) in [5.41, 5.74) is 0.644. The number of aryl methyl sites for hydroxylation is 1. The highest BCUT2D eigenvalue weighted by atomic mass is 32.1. The normalized spacial score (nSPS) is 14.8. The zero-order valence-electron chi connectivity index (χ0n) is 14.2. The molecule has 0 aromatic carbocycles. The van der Waals surface area contributed by atoms with Crippen molar-refractivity contribution in [2.75, 3.05) is 31.1 Å². The summed E-state index contributed by atoms with van der Waals surface area (Å²) >= 11 is 1.39. The first-order chi connectivity index (χ1) is 12.7. The van der Waals surface area contributed by atoms with Crippen molar-refractivity contribution in [1.82, 2.24) is 19.4 Å². The van der Waals surface area contributed by atoms with Gasteiger partial charge in [0.25, 0.3) is 5.56 Å². The van der Waals surface area contributed by atoms with Crippen molar-refractivity contribution in [3.05, 3.63) is 52.5 Å². The average molecular weight is 369 g/mol. The zero-order chi connectivity index (χ0) is 17.9. The lowest BCUT2D eigenvalue weighted by molar-refractivity contribution is -0.131. The molecule has 4 heterocycles. The van der Waals surface area contributed by atoms with Crippen LogP contribution >= 0.6 is 11.3 Å². The number of thiophene rings is 1. The van der Waals surface area contributed by atoms with Crippen LogP contribution in [0, 0.1) is 0 Å². The van der Waals surface area contributed by atoms with Gasteiger partial charge in [0.2, 0.25) is 5.91 Å². The molecule has 0 aliphatic carbocycles.